The SMILES string of the molecule is COc1cc(C)ccc1Oc1ccc(F)cc1NC(=O)C12CC1C2. The Balaban J connectivity index is 1.61. The fourth-order valence-electron chi connectivity index (χ4n) is 2.99. The van der Waals surface area contributed by atoms with Crippen molar-refractivity contribution in [2.24, 2.45) is 11.3 Å². The molecule has 0 aromatic heterocycles. The van der Waals surface area contributed by atoms with E-state index in [1.54, 1.807) is 13.2 Å². The van der Waals surface area contributed by atoms with E-state index in [2.05, 4.69) is 5.32 Å². The number of aryl methyl sites for hydroxylation is 1. The van der Waals surface area contributed by atoms with Gasteiger partial charge in [0.1, 0.15) is 5.82 Å². The van der Waals surface area contributed by atoms with Gasteiger partial charge in [0, 0.05) is 6.07 Å². The number of hydrogen-bond donors (Lipinski definition) is 1. The van der Waals surface area contributed by atoms with Gasteiger partial charge >= 0.3 is 0 Å². The predicted octanol–water partition coefficient (Wildman–Crippen LogP) is 4.28. The zero-order chi connectivity index (χ0) is 16.9. The van der Waals surface area contributed by atoms with E-state index >= 15 is 0 Å². The molecule has 0 radical (unpaired) electrons. The maximum absolute atomic E-state index is 13.6. The van der Waals surface area contributed by atoms with Crippen molar-refractivity contribution in [1.29, 1.82) is 0 Å². The van der Waals surface area contributed by atoms with Gasteiger partial charge in [0.05, 0.1) is 18.2 Å². The molecule has 0 unspecified atom stereocenters. The number of carbonyl (C=O) groups is 1. The molecule has 0 heterocycles. The number of hydrogen-bond acceptors (Lipinski definition) is 3. The quantitative estimate of drug-likeness (QED) is 0.891. The van der Waals surface area contributed by atoms with E-state index in [1.807, 2.05) is 19.1 Å². The molecule has 0 aliphatic heterocycles. The van der Waals surface area contributed by atoms with Gasteiger partial charge in [-0.15, -0.1) is 0 Å². The van der Waals surface area contributed by atoms with Crippen molar-refractivity contribution in [2.75, 3.05) is 12.4 Å². The minimum atomic E-state index is -0.422. The number of halogens is 1. The van der Waals surface area contributed by atoms with Gasteiger partial charge in [-0.3, -0.25) is 4.79 Å². The van der Waals surface area contributed by atoms with Gasteiger partial charge in [-0.05, 0) is 55.5 Å². The van der Waals surface area contributed by atoms with Crippen LogP contribution >= 0.6 is 0 Å². The zero-order valence-corrected chi connectivity index (χ0v) is 13.6. The number of ether oxygens (including phenoxy) is 2. The van der Waals surface area contributed by atoms with E-state index in [4.69, 9.17) is 9.47 Å². The average Bonchev–Trinajstić information content (AvgIpc) is 3.41. The third-order valence-corrected chi connectivity index (χ3v) is 4.86. The standard InChI is InChI=1S/C19H18FNO3/c1-11-3-5-16(17(7-11)23-2)24-15-6-4-13(20)8-14(15)21-18(22)19-9-12(19)10-19/h3-8,12H,9-10H2,1-2H3,(H,21,22). The van der Waals surface area contributed by atoms with E-state index in [1.165, 1.54) is 18.2 Å². The van der Waals surface area contributed by atoms with E-state index in [-0.39, 0.29) is 11.3 Å². The summed E-state index contributed by atoms with van der Waals surface area (Å²) in [6, 6.07) is 9.65. The van der Waals surface area contributed by atoms with Gasteiger partial charge in [-0.25, -0.2) is 4.39 Å². The number of fused-ring (bicyclic) bond motifs is 1. The fraction of sp³-hybridized carbons (Fsp3) is 0.316. The highest BCUT2D eigenvalue weighted by Crippen LogP contribution is 2.75. The Hall–Kier alpha value is -2.56. The highest BCUT2D eigenvalue weighted by Gasteiger charge is 2.74. The minimum absolute atomic E-state index is 0.0428. The smallest absolute Gasteiger partial charge is 0.230 e. The number of carbonyl (C=O) groups excluding carboxylic acids is 1. The Morgan fingerprint density at radius 3 is 2.54 bits per heavy atom. The fourth-order valence-corrected chi connectivity index (χ4v) is 2.99. The summed E-state index contributed by atoms with van der Waals surface area (Å²) in [6.45, 7) is 1.96. The van der Waals surface area contributed by atoms with Crippen LogP contribution in [0.1, 0.15) is 18.4 Å². The summed E-state index contributed by atoms with van der Waals surface area (Å²) in [5, 5.41) is 2.82. The lowest BCUT2D eigenvalue weighted by Gasteiger charge is -2.15. The molecule has 124 valence electrons. The first kappa shape index (κ1) is 15.0. The molecular weight excluding hydrogens is 309 g/mol. The molecular formula is C19H18FNO3. The Labute approximate surface area is 139 Å². The molecule has 2 aromatic rings. The molecule has 2 aliphatic rings. The highest BCUT2D eigenvalue weighted by molar-refractivity contribution is 6.01. The van der Waals surface area contributed by atoms with Crippen molar-refractivity contribution in [3.05, 3.63) is 47.8 Å². The van der Waals surface area contributed by atoms with Crippen molar-refractivity contribution in [2.45, 2.75) is 19.8 Å². The molecule has 4 rings (SSSR count). The third kappa shape index (κ3) is 2.50. The van der Waals surface area contributed by atoms with Crippen molar-refractivity contribution in [3.8, 4) is 17.2 Å². The van der Waals surface area contributed by atoms with E-state index < -0.39 is 5.82 Å². The summed E-state index contributed by atoms with van der Waals surface area (Å²) in [6.07, 6.45) is 1.88. The van der Waals surface area contributed by atoms with Gasteiger partial charge in [-0.1, -0.05) is 6.07 Å². The Bertz CT molecular complexity index is 827. The third-order valence-electron chi connectivity index (χ3n) is 4.86. The van der Waals surface area contributed by atoms with E-state index in [9.17, 15) is 9.18 Å². The highest BCUT2D eigenvalue weighted by atomic mass is 19.1. The van der Waals surface area contributed by atoms with Gasteiger partial charge < -0.3 is 14.8 Å². The number of benzene rings is 2. The summed E-state index contributed by atoms with van der Waals surface area (Å²) < 4.78 is 24.8. The molecule has 1 N–H and O–H groups in total. The first-order valence-electron chi connectivity index (χ1n) is 7.95. The molecule has 2 aromatic carbocycles. The topological polar surface area (TPSA) is 47.6 Å². The molecule has 2 saturated carbocycles. The van der Waals surface area contributed by atoms with Crippen LogP contribution in [-0.2, 0) is 4.79 Å². The minimum Gasteiger partial charge on any atom is -0.493 e. The maximum Gasteiger partial charge on any atom is 0.230 e. The van der Waals surface area contributed by atoms with Crippen LogP contribution in [0.15, 0.2) is 36.4 Å². The Morgan fingerprint density at radius 2 is 1.88 bits per heavy atom. The molecule has 0 atom stereocenters. The molecule has 24 heavy (non-hydrogen) atoms. The van der Waals surface area contributed by atoms with Gasteiger partial charge in [-0.2, -0.15) is 0 Å². The van der Waals surface area contributed by atoms with Crippen molar-refractivity contribution in [3.63, 3.8) is 0 Å². The second kappa shape index (κ2) is 5.23. The van der Waals surface area contributed by atoms with Gasteiger partial charge in [0.2, 0.25) is 5.91 Å². The summed E-state index contributed by atoms with van der Waals surface area (Å²) in [4.78, 5) is 12.3. The van der Waals surface area contributed by atoms with E-state index in [0.717, 1.165) is 18.4 Å². The summed E-state index contributed by atoms with van der Waals surface area (Å²) >= 11 is 0. The molecule has 2 fully saturated rings. The lowest BCUT2D eigenvalue weighted by atomic mass is 10.2. The second-order valence-corrected chi connectivity index (χ2v) is 6.61. The average molecular weight is 327 g/mol. The number of amides is 1. The molecule has 5 heteroatoms. The molecule has 0 spiro atoms. The predicted molar refractivity (Wildman–Crippen MR) is 88.0 cm³/mol. The van der Waals surface area contributed by atoms with Crippen molar-refractivity contribution < 1.29 is 18.7 Å². The van der Waals surface area contributed by atoms with Crippen molar-refractivity contribution in [1.82, 2.24) is 0 Å². The van der Waals surface area contributed by atoms with Crippen LogP contribution in [0.3, 0.4) is 0 Å². The van der Waals surface area contributed by atoms with Crippen LogP contribution in [0.4, 0.5) is 10.1 Å². The van der Waals surface area contributed by atoms with Crippen LogP contribution in [0, 0.1) is 24.1 Å². The van der Waals surface area contributed by atoms with Crippen LogP contribution in [-0.4, -0.2) is 13.0 Å². The summed E-state index contributed by atoms with van der Waals surface area (Å²) in [5.41, 5.74) is 1.19. The largest absolute Gasteiger partial charge is 0.493 e. The second-order valence-electron chi connectivity index (χ2n) is 6.61. The van der Waals surface area contributed by atoms with Crippen LogP contribution in [0.2, 0.25) is 0 Å². The van der Waals surface area contributed by atoms with E-state index in [0.29, 0.717) is 28.9 Å². The van der Waals surface area contributed by atoms with Gasteiger partial charge in [0.15, 0.2) is 17.2 Å². The first-order chi connectivity index (χ1) is 11.5. The lowest BCUT2D eigenvalue weighted by Crippen LogP contribution is -2.18. The first-order valence-corrected chi connectivity index (χ1v) is 7.95. The molecule has 2 aliphatic carbocycles. The monoisotopic (exact) mass is 327 g/mol. The Kier molecular flexibility index (Phi) is 3.27. The maximum atomic E-state index is 13.6. The summed E-state index contributed by atoms with van der Waals surface area (Å²) in [7, 11) is 1.56. The number of rotatable bonds is 5. The molecule has 4 nitrogen and oxygen atoms in total. The molecule has 0 bridgehead atoms. The van der Waals surface area contributed by atoms with Crippen LogP contribution < -0.4 is 14.8 Å². The normalized spacial score (nSPS) is 23.2. The van der Waals surface area contributed by atoms with Crippen molar-refractivity contribution >= 4 is 11.6 Å². The van der Waals surface area contributed by atoms with Crippen LogP contribution in [0.5, 0.6) is 17.2 Å². The summed E-state index contributed by atoms with van der Waals surface area (Å²) in [5.74, 6) is 1.54. The van der Waals surface area contributed by atoms with Gasteiger partial charge in [0.25, 0.3) is 0 Å². The van der Waals surface area contributed by atoms with Crippen LogP contribution in [0.25, 0.3) is 0 Å². The number of nitrogens with one attached hydrogen (secondary N) is 1. The zero-order valence-electron chi connectivity index (χ0n) is 13.6. The lowest BCUT2D eigenvalue weighted by molar-refractivity contribution is -0.119. The number of methoxy groups -OCH3 is 1. The Morgan fingerprint density at radius 1 is 1.17 bits per heavy atom. The molecule has 0 saturated heterocycles. The number of anilines is 1. The molecule has 1 amide bonds.